The molecule has 0 aromatic rings. The van der Waals surface area contributed by atoms with Crippen LogP contribution in [-0.2, 0) is 4.74 Å². The zero-order chi connectivity index (χ0) is 16.1. The smallest absolute Gasteiger partial charge is 0.315 e. The molecule has 0 aromatic carbocycles. The van der Waals surface area contributed by atoms with E-state index in [4.69, 9.17) is 4.74 Å². The average Bonchev–Trinajstić information content (AvgIpc) is 3.17. The minimum absolute atomic E-state index is 0.000955. The maximum Gasteiger partial charge on any atom is 0.315 e. The lowest BCUT2D eigenvalue weighted by atomic mass is 9.89. The molecule has 0 bridgehead atoms. The van der Waals surface area contributed by atoms with E-state index in [1.807, 2.05) is 0 Å². The van der Waals surface area contributed by atoms with Crippen LogP contribution in [0.1, 0.15) is 64.7 Å². The first-order chi connectivity index (χ1) is 11.2. The fraction of sp³-hybridized carbons (Fsp3) is 0.944. The monoisotopic (exact) mass is 323 g/mol. The molecule has 3 fully saturated rings. The highest BCUT2D eigenvalue weighted by Crippen LogP contribution is 2.39. The third-order valence-electron chi connectivity index (χ3n) is 5.80. The molecular weight excluding hydrogens is 290 g/mol. The van der Waals surface area contributed by atoms with Crippen LogP contribution in [0.3, 0.4) is 0 Å². The Balaban J connectivity index is 1.36. The van der Waals surface area contributed by atoms with Crippen molar-refractivity contribution >= 4 is 6.03 Å². The van der Waals surface area contributed by atoms with Crippen molar-refractivity contribution < 1.29 is 9.53 Å². The van der Waals surface area contributed by atoms with E-state index < -0.39 is 0 Å². The molecule has 1 saturated carbocycles. The van der Waals surface area contributed by atoms with Crippen molar-refractivity contribution in [2.45, 2.75) is 82.4 Å². The predicted molar refractivity (Wildman–Crippen MR) is 91.6 cm³/mol. The Kier molecular flexibility index (Phi) is 5.81. The van der Waals surface area contributed by atoms with Gasteiger partial charge in [-0.05, 0) is 65.0 Å². The fourth-order valence-corrected chi connectivity index (χ4v) is 4.42. The second-order valence-electron chi connectivity index (χ2n) is 7.78. The first-order valence-corrected chi connectivity index (χ1v) is 9.59. The first kappa shape index (κ1) is 17.0. The van der Waals surface area contributed by atoms with Gasteiger partial charge < -0.3 is 20.3 Å². The number of nitrogens with zero attached hydrogens (tertiary/aromatic N) is 1. The van der Waals surface area contributed by atoms with Gasteiger partial charge in [-0.3, -0.25) is 0 Å². The number of ether oxygens (including phenoxy) is 1. The van der Waals surface area contributed by atoms with E-state index in [0.717, 1.165) is 32.4 Å². The molecule has 1 spiro atoms. The Bertz CT molecular complexity index is 390. The van der Waals surface area contributed by atoms with Gasteiger partial charge >= 0.3 is 6.03 Å². The summed E-state index contributed by atoms with van der Waals surface area (Å²) in [5.74, 6) is 0. The van der Waals surface area contributed by atoms with Gasteiger partial charge in [0.25, 0.3) is 0 Å². The van der Waals surface area contributed by atoms with Crippen molar-refractivity contribution in [3.63, 3.8) is 0 Å². The van der Waals surface area contributed by atoms with Gasteiger partial charge in [-0.2, -0.15) is 0 Å². The summed E-state index contributed by atoms with van der Waals surface area (Å²) in [6.07, 6.45) is 10.5. The Morgan fingerprint density at radius 2 is 2.00 bits per heavy atom. The van der Waals surface area contributed by atoms with Gasteiger partial charge in [0.1, 0.15) is 0 Å². The molecule has 2 N–H and O–H groups in total. The average molecular weight is 323 g/mol. The molecular formula is C18H33N3O2. The predicted octanol–water partition coefficient (Wildman–Crippen LogP) is 2.65. The number of hydrogen-bond acceptors (Lipinski definition) is 3. The van der Waals surface area contributed by atoms with Gasteiger partial charge in [0.05, 0.1) is 5.60 Å². The molecule has 2 heterocycles. The molecule has 5 nitrogen and oxygen atoms in total. The molecule has 2 amide bonds. The molecule has 0 aromatic heterocycles. The normalized spacial score (nSPS) is 28.8. The van der Waals surface area contributed by atoms with Gasteiger partial charge in [0.15, 0.2) is 0 Å². The van der Waals surface area contributed by atoms with Crippen LogP contribution in [-0.4, -0.2) is 54.9 Å². The topological polar surface area (TPSA) is 53.6 Å². The summed E-state index contributed by atoms with van der Waals surface area (Å²) in [6.45, 7) is 6.45. The fourth-order valence-electron chi connectivity index (χ4n) is 4.42. The minimum atomic E-state index is -0.000955. The Morgan fingerprint density at radius 3 is 2.74 bits per heavy atom. The molecule has 2 aliphatic heterocycles. The van der Waals surface area contributed by atoms with Gasteiger partial charge in [0, 0.05) is 25.2 Å². The number of carbonyl (C=O) groups is 1. The maximum atomic E-state index is 12.2. The first-order valence-electron chi connectivity index (χ1n) is 9.59. The van der Waals surface area contributed by atoms with Gasteiger partial charge in [0.2, 0.25) is 0 Å². The molecule has 0 unspecified atom stereocenters. The van der Waals surface area contributed by atoms with E-state index in [0.29, 0.717) is 0 Å². The van der Waals surface area contributed by atoms with Crippen molar-refractivity contribution in [2.75, 3.05) is 26.2 Å². The summed E-state index contributed by atoms with van der Waals surface area (Å²) in [5, 5.41) is 6.30. The minimum Gasteiger partial charge on any atom is -0.375 e. The lowest BCUT2D eigenvalue weighted by Gasteiger charge is -2.38. The van der Waals surface area contributed by atoms with Crippen LogP contribution in [0.25, 0.3) is 0 Å². The van der Waals surface area contributed by atoms with E-state index in [-0.39, 0.29) is 23.7 Å². The Hall–Kier alpha value is -0.810. The number of rotatable bonds is 5. The number of amides is 2. The van der Waals surface area contributed by atoms with Crippen LogP contribution in [0.2, 0.25) is 0 Å². The zero-order valence-corrected chi connectivity index (χ0v) is 14.6. The maximum absolute atomic E-state index is 12.2. The molecule has 23 heavy (non-hydrogen) atoms. The van der Waals surface area contributed by atoms with Crippen LogP contribution in [0, 0.1) is 0 Å². The largest absolute Gasteiger partial charge is 0.375 e. The second-order valence-corrected chi connectivity index (χ2v) is 7.78. The van der Waals surface area contributed by atoms with Gasteiger partial charge in [-0.1, -0.05) is 12.8 Å². The Morgan fingerprint density at radius 1 is 1.26 bits per heavy atom. The second kappa shape index (κ2) is 7.84. The lowest BCUT2D eigenvalue weighted by Crippen LogP contribution is -2.51. The standard InChI is InChI=1S/C18H33N3O2/c1-15(6-12-21-10-4-5-11-21)19-17(22)20-16-7-13-23-18(14-16)8-2-3-9-18/h15-16H,2-14H2,1H3,(H2,19,20,22)/t15-,16-/m0/s1. The quantitative estimate of drug-likeness (QED) is 0.818. The van der Waals surface area contributed by atoms with E-state index in [1.54, 1.807) is 0 Å². The molecule has 2 saturated heterocycles. The molecule has 2 atom stereocenters. The number of hydrogen-bond donors (Lipinski definition) is 2. The van der Waals surface area contributed by atoms with Crippen LogP contribution in [0.5, 0.6) is 0 Å². The highest BCUT2D eigenvalue weighted by Gasteiger charge is 2.40. The summed E-state index contributed by atoms with van der Waals surface area (Å²) in [5.41, 5.74) is 0.0670. The van der Waals surface area contributed by atoms with Crippen molar-refractivity contribution in [1.29, 1.82) is 0 Å². The number of urea groups is 1. The summed E-state index contributed by atoms with van der Waals surface area (Å²) in [6, 6.07) is 0.502. The SMILES string of the molecule is C[C@@H](CCN1CCCC1)NC(=O)N[C@H]1CCOC2(CCCC2)C1. The number of carbonyl (C=O) groups excluding carboxylic acids is 1. The molecule has 132 valence electrons. The van der Waals surface area contributed by atoms with Crippen molar-refractivity contribution in [3.05, 3.63) is 0 Å². The van der Waals surface area contributed by atoms with E-state index in [9.17, 15) is 4.79 Å². The van der Waals surface area contributed by atoms with E-state index in [2.05, 4.69) is 22.5 Å². The molecule has 5 heteroatoms. The van der Waals surface area contributed by atoms with Crippen LogP contribution in [0.15, 0.2) is 0 Å². The summed E-state index contributed by atoms with van der Waals surface area (Å²) >= 11 is 0. The highest BCUT2D eigenvalue weighted by molar-refractivity contribution is 5.74. The summed E-state index contributed by atoms with van der Waals surface area (Å²) < 4.78 is 6.04. The van der Waals surface area contributed by atoms with Gasteiger partial charge in [-0.15, -0.1) is 0 Å². The van der Waals surface area contributed by atoms with Crippen LogP contribution >= 0.6 is 0 Å². The zero-order valence-electron chi connectivity index (χ0n) is 14.6. The van der Waals surface area contributed by atoms with E-state index >= 15 is 0 Å². The van der Waals surface area contributed by atoms with Crippen LogP contribution < -0.4 is 10.6 Å². The van der Waals surface area contributed by atoms with Crippen LogP contribution in [0.4, 0.5) is 4.79 Å². The third kappa shape index (κ3) is 4.83. The van der Waals surface area contributed by atoms with E-state index in [1.165, 1.54) is 51.6 Å². The number of nitrogens with one attached hydrogen (secondary N) is 2. The highest BCUT2D eigenvalue weighted by atomic mass is 16.5. The van der Waals surface area contributed by atoms with Gasteiger partial charge in [-0.25, -0.2) is 4.79 Å². The lowest BCUT2D eigenvalue weighted by molar-refractivity contribution is -0.0820. The molecule has 3 rings (SSSR count). The number of likely N-dealkylation sites (tertiary alicyclic amines) is 1. The molecule has 3 aliphatic rings. The van der Waals surface area contributed by atoms with Crippen molar-refractivity contribution in [2.24, 2.45) is 0 Å². The van der Waals surface area contributed by atoms with Crippen molar-refractivity contribution in [3.8, 4) is 0 Å². The summed E-state index contributed by atoms with van der Waals surface area (Å²) in [7, 11) is 0. The summed E-state index contributed by atoms with van der Waals surface area (Å²) in [4.78, 5) is 14.7. The molecule has 0 radical (unpaired) electrons. The van der Waals surface area contributed by atoms with Crippen molar-refractivity contribution in [1.82, 2.24) is 15.5 Å². The molecule has 1 aliphatic carbocycles. The Labute approximate surface area is 140 Å². The third-order valence-corrected chi connectivity index (χ3v) is 5.80.